The number of hydrogen-bond acceptors (Lipinski definition) is 6. The SMILES string of the molecule is COc1cncc2c1C(=O)C1(O)[C@H](C(=O)O)C(c3ccccc3)C1(c1ccc(Cl)cc1)O2. The van der Waals surface area contributed by atoms with E-state index in [1.807, 2.05) is 0 Å². The van der Waals surface area contributed by atoms with Gasteiger partial charge in [0.15, 0.2) is 22.7 Å². The van der Waals surface area contributed by atoms with Crippen LogP contribution in [0.15, 0.2) is 67.0 Å². The first-order valence-corrected chi connectivity index (χ1v) is 10.3. The van der Waals surface area contributed by atoms with Gasteiger partial charge in [0.05, 0.1) is 19.5 Å². The topological polar surface area (TPSA) is 106 Å². The lowest BCUT2D eigenvalue weighted by atomic mass is 9.44. The van der Waals surface area contributed by atoms with Crippen molar-refractivity contribution in [2.24, 2.45) is 5.92 Å². The van der Waals surface area contributed by atoms with Gasteiger partial charge in [-0.2, -0.15) is 0 Å². The van der Waals surface area contributed by atoms with E-state index < -0.39 is 34.8 Å². The molecule has 1 aliphatic heterocycles. The van der Waals surface area contributed by atoms with Crippen molar-refractivity contribution in [2.45, 2.75) is 17.1 Å². The Balaban J connectivity index is 1.84. The number of benzene rings is 2. The summed E-state index contributed by atoms with van der Waals surface area (Å²) >= 11 is 6.08. The largest absolute Gasteiger partial charge is 0.494 e. The van der Waals surface area contributed by atoms with E-state index in [0.717, 1.165) is 0 Å². The Morgan fingerprint density at radius 1 is 1.12 bits per heavy atom. The lowest BCUT2D eigenvalue weighted by molar-refractivity contribution is -0.250. The number of fused-ring (bicyclic) bond motifs is 2. The van der Waals surface area contributed by atoms with Crippen LogP contribution in [0.3, 0.4) is 0 Å². The zero-order chi connectivity index (χ0) is 22.7. The van der Waals surface area contributed by atoms with Crippen molar-refractivity contribution < 1.29 is 29.3 Å². The van der Waals surface area contributed by atoms with Gasteiger partial charge in [0.2, 0.25) is 5.78 Å². The molecular formula is C24H18ClNO6. The molecule has 4 atom stereocenters. The van der Waals surface area contributed by atoms with Crippen LogP contribution in [0.5, 0.6) is 11.5 Å². The molecule has 2 aromatic carbocycles. The highest BCUT2D eigenvalue weighted by Gasteiger charge is 2.82. The Kier molecular flexibility index (Phi) is 4.51. The Morgan fingerprint density at radius 3 is 2.44 bits per heavy atom. The molecule has 1 aromatic heterocycles. The summed E-state index contributed by atoms with van der Waals surface area (Å²) in [6.45, 7) is 0. The fourth-order valence-corrected chi connectivity index (χ4v) is 5.23. The maximum atomic E-state index is 13.8. The number of Topliss-reactive ketones (excluding diaryl/α,β-unsaturated/α-hetero) is 1. The number of aromatic nitrogens is 1. The molecule has 2 N–H and O–H groups in total. The summed E-state index contributed by atoms with van der Waals surface area (Å²) < 4.78 is 11.6. The Labute approximate surface area is 188 Å². The molecule has 0 spiro atoms. The second-order valence-electron chi connectivity index (χ2n) is 7.86. The Bertz CT molecular complexity index is 1230. The van der Waals surface area contributed by atoms with E-state index in [1.165, 1.54) is 19.5 Å². The van der Waals surface area contributed by atoms with Gasteiger partial charge in [0.25, 0.3) is 0 Å². The number of carboxylic acid groups (broad SMARTS) is 1. The summed E-state index contributed by atoms with van der Waals surface area (Å²) in [6, 6.07) is 15.3. The molecule has 5 rings (SSSR count). The van der Waals surface area contributed by atoms with Gasteiger partial charge in [-0.15, -0.1) is 0 Å². The van der Waals surface area contributed by atoms with Crippen LogP contribution in [-0.4, -0.2) is 39.7 Å². The fourth-order valence-electron chi connectivity index (χ4n) is 5.11. The van der Waals surface area contributed by atoms with Gasteiger partial charge in [-0.05, 0) is 23.3 Å². The maximum absolute atomic E-state index is 13.8. The van der Waals surface area contributed by atoms with Crippen molar-refractivity contribution in [1.82, 2.24) is 4.98 Å². The molecule has 1 fully saturated rings. The fraction of sp³-hybridized carbons (Fsp3) is 0.208. The van der Waals surface area contributed by atoms with E-state index in [9.17, 15) is 19.8 Å². The maximum Gasteiger partial charge on any atom is 0.310 e. The summed E-state index contributed by atoms with van der Waals surface area (Å²) in [5, 5.41) is 22.5. The number of halogens is 1. The van der Waals surface area contributed by atoms with Crippen molar-refractivity contribution >= 4 is 23.4 Å². The third kappa shape index (κ3) is 2.43. The highest BCUT2D eigenvalue weighted by molar-refractivity contribution is 6.30. The third-order valence-corrected chi connectivity index (χ3v) is 6.68. The van der Waals surface area contributed by atoms with E-state index in [1.54, 1.807) is 54.6 Å². The molecule has 0 amide bonds. The molecule has 162 valence electrons. The first kappa shape index (κ1) is 20.5. The number of carbonyl (C=O) groups is 2. The number of pyridine rings is 1. The van der Waals surface area contributed by atoms with Gasteiger partial charge in [-0.25, -0.2) is 0 Å². The number of aliphatic hydroxyl groups is 1. The summed E-state index contributed by atoms with van der Waals surface area (Å²) in [6.07, 6.45) is 2.69. The number of ketones is 1. The van der Waals surface area contributed by atoms with Gasteiger partial charge in [-0.3, -0.25) is 14.6 Å². The summed E-state index contributed by atoms with van der Waals surface area (Å²) in [5.41, 5.74) is -3.09. The molecule has 1 aliphatic carbocycles. The van der Waals surface area contributed by atoms with E-state index in [4.69, 9.17) is 21.1 Å². The molecular weight excluding hydrogens is 434 g/mol. The molecule has 3 aromatic rings. The zero-order valence-electron chi connectivity index (χ0n) is 16.9. The quantitative estimate of drug-likeness (QED) is 0.625. The number of rotatable bonds is 4. The van der Waals surface area contributed by atoms with E-state index in [2.05, 4.69) is 4.98 Å². The molecule has 0 saturated heterocycles. The van der Waals surface area contributed by atoms with Gasteiger partial charge < -0.3 is 19.7 Å². The standard InChI is InChI=1S/C24H18ClNO6/c1-31-16-11-26-12-17-18(16)21(27)23(30)20(22(28)29)19(13-5-3-2-4-6-13)24(23,32-17)14-7-9-15(25)10-8-14/h2-12,19-20,30H,1H3,(H,28,29)/t19?,20-,23?,24?/m0/s1. The highest BCUT2D eigenvalue weighted by Crippen LogP contribution is 2.68. The molecule has 7 nitrogen and oxygen atoms in total. The molecule has 2 aliphatic rings. The highest BCUT2D eigenvalue weighted by atomic mass is 35.5. The second kappa shape index (κ2) is 7.05. The molecule has 2 heterocycles. The molecule has 0 bridgehead atoms. The first-order chi connectivity index (χ1) is 15.4. The van der Waals surface area contributed by atoms with Crippen LogP contribution in [0, 0.1) is 5.92 Å². The van der Waals surface area contributed by atoms with Crippen LogP contribution >= 0.6 is 11.6 Å². The smallest absolute Gasteiger partial charge is 0.310 e. The number of carboxylic acids is 1. The Morgan fingerprint density at radius 2 is 1.81 bits per heavy atom. The van der Waals surface area contributed by atoms with E-state index in [-0.39, 0.29) is 17.1 Å². The van der Waals surface area contributed by atoms with Gasteiger partial charge >= 0.3 is 5.97 Å². The predicted molar refractivity (Wildman–Crippen MR) is 114 cm³/mol. The monoisotopic (exact) mass is 451 g/mol. The molecule has 8 heteroatoms. The average Bonchev–Trinajstić information content (AvgIpc) is 2.79. The average molecular weight is 452 g/mol. The lowest BCUT2D eigenvalue weighted by Crippen LogP contribution is -2.80. The summed E-state index contributed by atoms with van der Waals surface area (Å²) in [4.78, 5) is 30.3. The van der Waals surface area contributed by atoms with Gasteiger partial charge in [0.1, 0.15) is 11.5 Å². The van der Waals surface area contributed by atoms with E-state index >= 15 is 0 Å². The van der Waals surface area contributed by atoms with Gasteiger partial charge in [0, 0.05) is 10.9 Å². The minimum atomic E-state index is -2.39. The minimum Gasteiger partial charge on any atom is -0.494 e. The van der Waals surface area contributed by atoms with Crippen LogP contribution in [0.4, 0.5) is 0 Å². The summed E-state index contributed by atoms with van der Waals surface area (Å²) in [7, 11) is 1.36. The van der Waals surface area contributed by atoms with Crippen molar-refractivity contribution in [3.8, 4) is 11.5 Å². The molecule has 1 saturated carbocycles. The second-order valence-corrected chi connectivity index (χ2v) is 8.30. The van der Waals surface area contributed by atoms with Crippen LogP contribution < -0.4 is 9.47 Å². The van der Waals surface area contributed by atoms with Crippen LogP contribution in [0.2, 0.25) is 5.02 Å². The number of aliphatic carboxylic acids is 1. The number of hydrogen-bond donors (Lipinski definition) is 2. The molecule has 0 radical (unpaired) electrons. The van der Waals surface area contributed by atoms with Crippen LogP contribution in [0.25, 0.3) is 0 Å². The van der Waals surface area contributed by atoms with Crippen molar-refractivity contribution in [3.63, 3.8) is 0 Å². The number of ether oxygens (including phenoxy) is 2. The number of carbonyl (C=O) groups excluding carboxylic acids is 1. The van der Waals surface area contributed by atoms with Crippen LogP contribution in [0.1, 0.15) is 27.4 Å². The van der Waals surface area contributed by atoms with Crippen LogP contribution in [-0.2, 0) is 10.4 Å². The first-order valence-electron chi connectivity index (χ1n) is 9.88. The zero-order valence-corrected chi connectivity index (χ0v) is 17.6. The Hall–Kier alpha value is -3.42. The van der Waals surface area contributed by atoms with Crippen molar-refractivity contribution in [3.05, 3.63) is 88.7 Å². The van der Waals surface area contributed by atoms with Crippen molar-refractivity contribution in [2.75, 3.05) is 7.11 Å². The number of methoxy groups -OCH3 is 1. The number of nitrogens with zero attached hydrogens (tertiary/aromatic N) is 1. The predicted octanol–water partition coefficient (Wildman–Crippen LogP) is 3.44. The minimum absolute atomic E-state index is 0.0349. The summed E-state index contributed by atoms with van der Waals surface area (Å²) in [5.74, 6) is -4.21. The van der Waals surface area contributed by atoms with Gasteiger partial charge in [-0.1, -0.05) is 54.1 Å². The van der Waals surface area contributed by atoms with E-state index in [0.29, 0.717) is 16.1 Å². The third-order valence-electron chi connectivity index (χ3n) is 6.43. The molecule has 3 unspecified atom stereocenters. The molecule has 32 heavy (non-hydrogen) atoms. The van der Waals surface area contributed by atoms with Crippen molar-refractivity contribution in [1.29, 1.82) is 0 Å². The normalized spacial score (nSPS) is 28.0. The lowest BCUT2D eigenvalue weighted by Gasteiger charge is -2.64.